The zero-order chi connectivity index (χ0) is 16.2. The summed E-state index contributed by atoms with van der Waals surface area (Å²) in [6.45, 7) is 1.23. The van der Waals surface area contributed by atoms with E-state index in [2.05, 4.69) is 10.3 Å². The standard InChI is InChI=1S/C17H18ClN3O2/c1-19-15-10-12(18)5-6-14(15)17(22)21-9-7-13(11-21)23-16-4-2-3-8-20-16/h2-6,8,10,13,19H,7,9,11H2,1H3. The molecular weight excluding hydrogens is 314 g/mol. The average Bonchev–Trinajstić information content (AvgIpc) is 3.03. The van der Waals surface area contributed by atoms with E-state index in [0.29, 0.717) is 29.6 Å². The van der Waals surface area contributed by atoms with Gasteiger partial charge in [0.15, 0.2) is 0 Å². The number of ether oxygens (including phenoxy) is 1. The fourth-order valence-electron chi connectivity index (χ4n) is 2.68. The number of hydrogen-bond acceptors (Lipinski definition) is 4. The predicted octanol–water partition coefficient (Wildman–Crippen LogP) is 3.07. The maximum Gasteiger partial charge on any atom is 0.256 e. The number of nitrogens with zero attached hydrogens (tertiary/aromatic N) is 2. The molecule has 0 spiro atoms. The van der Waals surface area contributed by atoms with Gasteiger partial charge in [-0.2, -0.15) is 0 Å². The fraction of sp³-hybridized carbons (Fsp3) is 0.294. The maximum absolute atomic E-state index is 12.7. The van der Waals surface area contributed by atoms with Crippen molar-refractivity contribution in [3.8, 4) is 5.88 Å². The largest absolute Gasteiger partial charge is 0.472 e. The van der Waals surface area contributed by atoms with Gasteiger partial charge in [-0.3, -0.25) is 4.79 Å². The summed E-state index contributed by atoms with van der Waals surface area (Å²) in [6.07, 6.45) is 2.46. The number of pyridine rings is 1. The van der Waals surface area contributed by atoms with Crippen molar-refractivity contribution in [1.82, 2.24) is 9.88 Å². The van der Waals surface area contributed by atoms with Crippen molar-refractivity contribution in [1.29, 1.82) is 0 Å². The van der Waals surface area contributed by atoms with Gasteiger partial charge in [-0.15, -0.1) is 0 Å². The molecule has 1 aliphatic heterocycles. The van der Waals surface area contributed by atoms with Crippen molar-refractivity contribution in [2.24, 2.45) is 0 Å². The first-order valence-corrected chi connectivity index (χ1v) is 7.89. The van der Waals surface area contributed by atoms with Crippen LogP contribution >= 0.6 is 11.6 Å². The van der Waals surface area contributed by atoms with Crippen LogP contribution in [0.5, 0.6) is 5.88 Å². The first-order valence-electron chi connectivity index (χ1n) is 7.51. The Morgan fingerprint density at radius 2 is 2.26 bits per heavy atom. The average molecular weight is 332 g/mol. The highest BCUT2D eigenvalue weighted by Crippen LogP contribution is 2.24. The molecule has 2 heterocycles. The van der Waals surface area contributed by atoms with E-state index >= 15 is 0 Å². The lowest BCUT2D eigenvalue weighted by atomic mass is 10.1. The summed E-state index contributed by atoms with van der Waals surface area (Å²) < 4.78 is 5.83. The Balaban J connectivity index is 1.68. The predicted molar refractivity (Wildman–Crippen MR) is 90.2 cm³/mol. The summed E-state index contributed by atoms with van der Waals surface area (Å²) in [5.41, 5.74) is 1.35. The minimum absolute atomic E-state index is 0.0156. The lowest BCUT2D eigenvalue weighted by Crippen LogP contribution is -2.31. The van der Waals surface area contributed by atoms with Crippen molar-refractivity contribution in [3.05, 3.63) is 53.2 Å². The molecule has 1 atom stereocenters. The molecule has 1 aromatic heterocycles. The van der Waals surface area contributed by atoms with Crippen LogP contribution in [0.4, 0.5) is 5.69 Å². The highest BCUT2D eigenvalue weighted by Gasteiger charge is 2.29. The van der Waals surface area contributed by atoms with Crippen molar-refractivity contribution < 1.29 is 9.53 Å². The second kappa shape index (κ2) is 6.87. The number of aromatic nitrogens is 1. The van der Waals surface area contributed by atoms with E-state index in [4.69, 9.17) is 16.3 Å². The van der Waals surface area contributed by atoms with Gasteiger partial charge >= 0.3 is 0 Å². The van der Waals surface area contributed by atoms with Gasteiger partial charge < -0.3 is 15.0 Å². The van der Waals surface area contributed by atoms with Crippen LogP contribution in [-0.4, -0.2) is 42.0 Å². The first kappa shape index (κ1) is 15.6. The van der Waals surface area contributed by atoms with Crippen LogP contribution in [0.15, 0.2) is 42.6 Å². The minimum atomic E-state index is -0.0285. The Kier molecular flexibility index (Phi) is 4.67. The smallest absolute Gasteiger partial charge is 0.256 e. The molecule has 1 aromatic carbocycles. The van der Waals surface area contributed by atoms with Crippen molar-refractivity contribution >= 4 is 23.2 Å². The third-order valence-electron chi connectivity index (χ3n) is 3.84. The Morgan fingerprint density at radius 1 is 1.39 bits per heavy atom. The number of amides is 1. The molecule has 1 saturated heterocycles. The van der Waals surface area contributed by atoms with E-state index < -0.39 is 0 Å². The number of rotatable bonds is 4. The van der Waals surface area contributed by atoms with Gasteiger partial charge in [-0.1, -0.05) is 17.7 Å². The summed E-state index contributed by atoms with van der Waals surface area (Å²) in [6, 6.07) is 10.8. The van der Waals surface area contributed by atoms with Gasteiger partial charge in [-0.05, 0) is 24.3 Å². The molecule has 1 amide bonds. The van der Waals surface area contributed by atoms with E-state index in [1.54, 1.807) is 36.3 Å². The summed E-state index contributed by atoms with van der Waals surface area (Å²) in [5, 5.41) is 3.62. The fourth-order valence-corrected chi connectivity index (χ4v) is 2.85. The van der Waals surface area contributed by atoms with E-state index in [-0.39, 0.29) is 12.0 Å². The van der Waals surface area contributed by atoms with Crippen LogP contribution in [0.1, 0.15) is 16.8 Å². The summed E-state index contributed by atoms with van der Waals surface area (Å²) in [5.74, 6) is 0.576. The molecule has 6 heteroatoms. The molecule has 0 radical (unpaired) electrons. The van der Waals surface area contributed by atoms with Crippen molar-refractivity contribution in [2.45, 2.75) is 12.5 Å². The molecule has 0 aliphatic carbocycles. The SMILES string of the molecule is CNc1cc(Cl)ccc1C(=O)N1CCC(Oc2ccccn2)C1. The van der Waals surface area contributed by atoms with Gasteiger partial charge in [0.1, 0.15) is 6.10 Å². The maximum atomic E-state index is 12.7. The number of likely N-dealkylation sites (tertiary alicyclic amines) is 1. The van der Waals surface area contributed by atoms with E-state index in [1.807, 2.05) is 18.2 Å². The Bertz CT molecular complexity index is 693. The van der Waals surface area contributed by atoms with Crippen molar-refractivity contribution in [2.75, 3.05) is 25.5 Å². The highest BCUT2D eigenvalue weighted by atomic mass is 35.5. The minimum Gasteiger partial charge on any atom is -0.472 e. The van der Waals surface area contributed by atoms with Gasteiger partial charge in [0.2, 0.25) is 5.88 Å². The summed E-state index contributed by atoms with van der Waals surface area (Å²) in [4.78, 5) is 18.7. The molecule has 1 N–H and O–H groups in total. The molecule has 5 nitrogen and oxygen atoms in total. The Labute approximate surface area is 140 Å². The molecule has 0 saturated carbocycles. The third-order valence-corrected chi connectivity index (χ3v) is 4.07. The second-order valence-corrected chi connectivity index (χ2v) is 5.82. The van der Waals surface area contributed by atoms with Crippen LogP contribution in [-0.2, 0) is 0 Å². The van der Waals surface area contributed by atoms with E-state index in [0.717, 1.165) is 12.1 Å². The molecule has 3 rings (SSSR count). The normalized spacial score (nSPS) is 17.1. The Morgan fingerprint density at radius 3 is 3.00 bits per heavy atom. The topological polar surface area (TPSA) is 54.5 Å². The quantitative estimate of drug-likeness (QED) is 0.935. The van der Waals surface area contributed by atoms with Crippen LogP contribution in [0.25, 0.3) is 0 Å². The van der Waals surface area contributed by atoms with E-state index in [9.17, 15) is 4.79 Å². The number of carbonyl (C=O) groups excluding carboxylic acids is 1. The monoisotopic (exact) mass is 331 g/mol. The third kappa shape index (κ3) is 3.56. The van der Waals surface area contributed by atoms with Crippen molar-refractivity contribution in [3.63, 3.8) is 0 Å². The van der Waals surface area contributed by atoms with Crippen LogP contribution < -0.4 is 10.1 Å². The highest BCUT2D eigenvalue weighted by molar-refractivity contribution is 6.31. The molecule has 0 bridgehead atoms. The molecule has 1 unspecified atom stereocenters. The number of benzene rings is 1. The zero-order valence-corrected chi connectivity index (χ0v) is 13.6. The molecule has 120 valence electrons. The number of halogens is 1. The summed E-state index contributed by atoms with van der Waals surface area (Å²) >= 11 is 5.98. The molecular formula is C17H18ClN3O2. The van der Waals surface area contributed by atoms with Crippen LogP contribution in [0.3, 0.4) is 0 Å². The lowest BCUT2D eigenvalue weighted by Gasteiger charge is -2.19. The first-order chi connectivity index (χ1) is 11.2. The molecule has 2 aromatic rings. The molecule has 1 aliphatic rings. The Hall–Kier alpha value is -2.27. The number of nitrogens with one attached hydrogen (secondary N) is 1. The summed E-state index contributed by atoms with van der Waals surface area (Å²) in [7, 11) is 1.78. The number of hydrogen-bond donors (Lipinski definition) is 1. The van der Waals surface area contributed by atoms with Gasteiger partial charge in [0.25, 0.3) is 5.91 Å². The molecule has 23 heavy (non-hydrogen) atoms. The van der Waals surface area contributed by atoms with Gasteiger partial charge in [0, 0.05) is 43.0 Å². The van der Waals surface area contributed by atoms with Crippen LogP contribution in [0.2, 0.25) is 5.02 Å². The van der Waals surface area contributed by atoms with E-state index in [1.165, 1.54) is 0 Å². The van der Waals surface area contributed by atoms with Gasteiger partial charge in [0.05, 0.1) is 12.1 Å². The van der Waals surface area contributed by atoms with Gasteiger partial charge in [-0.25, -0.2) is 4.98 Å². The zero-order valence-electron chi connectivity index (χ0n) is 12.8. The number of anilines is 1. The molecule has 1 fully saturated rings. The lowest BCUT2D eigenvalue weighted by molar-refractivity contribution is 0.0772. The second-order valence-electron chi connectivity index (χ2n) is 5.39. The van der Waals surface area contributed by atoms with Crippen LogP contribution in [0, 0.1) is 0 Å². The number of carbonyl (C=O) groups is 1.